The molecule has 1 saturated heterocycles. The monoisotopic (exact) mass is 304 g/mol. The van der Waals surface area contributed by atoms with E-state index in [0.29, 0.717) is 13.0 Å². The summed E-state index contributed by atoms with van der Waals surface area (Å²) in [5.74, 6) is -0.0978. The van der Waals surface area contributed by atoms with Crippen LogP contribution in [-0.2, 0) is 26.4 Å². The first-order valence-electron chi connectivity index (χ1n) is 5.84. The fourth-order valence-corrected chi connectivity index (χ4v) is 5.03. The highest BCUT2D eigenvalue weighted by Gasteiger charge is 2.31. The van der Waals surface area contributed by atoms with E-state index in [2.05, 4.69) is 4.72 Å². The third kappa shape index (κ3) is 3.53. The Morgan fingerprint density at radius 1 is 1.26 bits per heavy atom. The SMILES string of the molecule is NCc1ccc(S(=O)(=O)NC2CCS(=O)(=O)C2)cc1. The molecule has 1 fully saturated rings. The smallest absolute Gasteiger partial charge is 0.240 e. The van der Waals surface area contributed by atoms with Gasteiger partial charge in [0, 0.05) is 12.6 Å². The number of benzene rings is 1. The fourth-order valence-electron chi connectivity index (χ4n) is 1.98. The predicted octanol–water partition coefficient (Wildman–Crippen LogP) is -0.389. The summed E-state index contributed by atoms with van der Waals surface area (Å²) < 4.78 is 49.1. The van der Waals surface area contributed by atoms with E-state index in [1.54, 1.807) is 12.1 Å². The van der Waals surface area contributed by atoms with Crippen molar-refractivity contribution in [1.29, 1.82) is 0 Å². The van der Waals surface area contributed by atoms with Gasteiger partial charge in [0.15, 0.2) is 9.84 Å². The molecule has 6 nitrogen and oxygen atoms in total. The number of rotatable bonds is 4. The van der Waals surface area contributed by atoms with E-state index in [1.807, 2.05) is 0 Å². The summed E-state index contributed by atoms with van der Waals surface area (Å²) in [5.41, 5.74) is 6.27. The van der Waals surface area contributed by atoms with E-state index in [9.17, 15) is 16.8 Å². The van der Waals surface area contributed by atoms with Gasteiger partial charge in [-0.25, -0.2) is 21.6 Å². The second-order valence-corrected chi connectivity index (χ2v) is 8.51. The molecule has 3 N–H and O–H groups in total. The molecule has 1 aliphatic rings. The zero-order chi connectivity index (χ0) is 14.1. The highest BCUT2D eigenvalue weighted by atomic mass is 32.2. The minimum Gasteiger partial charge on any atom is -0.326 e. The van der Waals surface area contributed by atoms with Gasteiger partial charge in [0.25, 0.3) is 0 Å². The number of nitrogens with one attached hydrogen (secondary N) is 1. The van der Waals surface area contributed by atoms with Crippen LogP contribution in [-0.4, -0.2) is 34.4 Å². The van der Waals surface area contributed by atoms with Crippen LogP contribution in [0.25, 0.3) is 0 Å². The van der Waals surface area contributed by atoms with E-state index in [4.69, 9.17) is 5.73 Å². The molecular weight excluding hydrogens is 288 g/mol. The maximum Gasteiger partial charge on any atom is 0.240 e. The van der Waals surface area contributed by atoms with Crippen molar-refractivity contribution >= 4 is 19.9 Å². The van der Waals surface area contributed by atoms with Crippen molar-refractivity contribution in [3.05, 3.63) is 29.8 Å². The zero-order valence-electron chi connectivity index (χ0n) is 10.2. The van der Waals surface area contributed by atoms with Crippen molar-refractivity contribution in [2.45, 2.75) is 23.9 Å². The molecule has 0 bridgehead atoms. The minimum absolute atomic E-state index is 0.0340. The number of sulfonamides is 1. The Morgan fingerprint density at radius 3 is 2.37 bits per heavy atom. The van der Waals surface area contributed by atoms with Crippen LogP contribution in [0.5, 0.6) is 0 Å². The van der Waals surface area contributed by atoms with Gasteiger partial charge in [-0.2, -0.15) is 0 Å². The molecule has 19 heavy (non-hydrogen) atoms. The lowest BCUT2D eigenvalue weighted by atomic mass is 10.2. The molecule has 1 unspecified atom stereocenters. The molecule has 0 radical (unpaired) electrons. The Kier molecular flexibility index (Phi) is 3.95. The van der Waals surface area contributed by atoms with E-state index < -0.39 is 25.9 Å². The topological polar surface area (TPSA) is 106 Å². The third-order valence-corrected chi connectivity index (χ3v) is 6.33. The summed E-state index contributed by atoms with van der Waals surface area (Å²) in [7, 11) is -6.78. The van der Waals surface area contributed by atoms with E-state index in [0.717, 1.165) is 5.56 Å². The van der Waals surface area contributed by atoms with Gasteiger partial charge in [0.05, 0.1) is 16.4 Å². The number of nitrogens with two attached hydrogens (primary N) is 1. The first-order chi connectivity index (χ1) is 8.82. The predicted molar refractivity (Wildman–Crippen MR) is 71.7 cm³/mol. The Morgan fingerprint density at radius 2 is 1.89 bits per heavy atom. The molecule has 1 heterocycles. The lowest BCUT2D eigenvalue weighted by Crippen LogP contribution is -2.35. The van der Waals surface area contributed by atoms with Crippen molar-refractivity contribution in [2.75, 3.05) is 11.5 Å². The van der Waals surface area contributed by atoms with Gasteiger partial charge in [-0.3, -0.25) is 0 Å². The molecule has 0 aliphatic carbocycles. The average molecular weight is 304 g/mol. The minimum atomic E-state index is -3.67. The van der Waals surface area contributed by atoms with Crippen molar-refractivity contribution in [3.63, 3.8) is 0 Å². The summed E-state index contributed by atoms with van der Waals surface area (Å²) >= 11 is 0. The average Bonchev–Trinajstić information content (AvgIpc) is 2.68. The molecule has 1 aromatic rings. The molecule has 1 aromatic carbocycles. The quantitative estimate of drug-likeness (QED) is 0.788. The highest BCUT2D eigenvalue weighted by molar-refractivity contribution is 7.92. The zero-order valence-corrected chi connectivity index (χ0v) is 11.9. The maximum absolute atomic E-state index is 12.1. The maximum atomic E-state index is 12.1. The number of hydrogen-bond acceptors (Lipinski definition) is 5. The molecule has 106 valence electrons. The highest BCUT2D eigenvalue weighted by Crippen LogP contribution is 2.16. The Balaban J connectivity index is 2.14. The summed E-state index contributed by atoms with van der Waals surface area (Å²) in [6, 6.07) is 5.67. The van der Waals surface area contributed by atoms with Gasteiger partial charge in [0.2, 0.25) is 10.0 Å². The molecule has 0 aromatic heterocycles. The Labute approximate surface area is 113 Å². The molecule has 8 heteroatoms. The van der Waals surface area contributed by atoms with E-state index in [-0.39, 0.29) is 16.4 Å². The lowest BCUT2D eigenvalue weighted by Gasteiger charge is -2.11. The first-order valence-corrected chi connectivity index (χ1v) is 9.15. The summed E-state index contributed by atoms with van der Waals surface area (Å²) in [6.45, 7) is 0.342. The van der Waals surface area contributed by atoms with E-state index >= 15 is 0 Å². The van der Waals surface area contributed by atoms with Crippen LogP contribution in [0.4, 0.5) is 0 Å². The lowest BCUT2D eigenvalue weighted by molar-refractivity contribution is 0.562. The van der Waals surface area contributed by atoms with Gasteiger partial charge >= 0.3 is 0 Å². The Bertz CT molecular complexity index is 650. The van der Waals surface area contributed by atoms with Crippen LogP contribution in [0.1, 0.15) is 12.0 Å². The second kappa shape index (κ2) is 5.20. The van der Waals surface area contributed by atoms with Crippen LogP contribution in [0.3, 0.4) is 0 Å². The van der Waals surface area contributed by atoms with Gasteiger partial charge in [-0.05, 0) is 24.1 Å². The molecule has 0 amide bonds. The van der Waals surface area contributed by atoms with Crippen molar-refractivity contribution < 1.29 is 16.8 Å². The Hall–Kier alpha value is -0.960. The van der Waals surface area contributed by atoms with Crippen molar-refractivity contribution in [3.8, 4) is 0 Å². The van der Waals surface area contributed by atoms with Crippen LogP contribution in [0, 0.1) is 0 Å². The van der Waals surface area contributed by atoms with Gasteiger partial charge in [-0.1, -0.05) is 12.1 Å². The van der Waals surface area contributed by atoms with Gasteiger partial charge < -0.3 is 5.73 Å². The van der Waals surface area contributed by atoms with Crippen LogP contribution < -0.4 is 10.5 Å². The molecule has 2 rings (SSSR count). The summed E-state index contributed by atoms with van der Waals surface area (Å²) in [4.78, 5) is 0.119. The van der Waals surface area contributed by atoms with Crippen LogP contribution in [0.2, 0.25) is 0 Å². The fraction of sp³-hybridized carbons (Fsp3) is 0.455. The molecule has 0 spiro atoms. The standard InChI is InChI=1S/C11H16N2O4S2/c12-7-9-1-3-11(4-2-9)19(16,17)13-10-5-6-18(14,15)8-10/h1-4,10,13H,5-8,12H2. The normalized spacial score (nSPS) is 22.5. The van der Waals surface area contributed by atoms with E-state index in [1.165, 1.54) is 12.1 Å². The number of sulfone groups is 1. The summed E-state index contributed by atoms with van der Waals surface area (Å²) in [5, 5.41) is 0. The molecule has 0 saturated carbocycles. The molecular formula is C11H16N2O4S2. The second-order valence-electron chi connectivity index (χ2n) is 4.57. The molecule has 1 aliphatic heterocycles. The molecule has 1 atom stereocenters. The van der Waals surface area contributed by atoms with Gasteiger partial charge in [0.1, 0.15) is 0 Å². The van der Waals surface area contributed by atoms with Gasteiger partial charge in [-0.15, -0.1) is 0 Å². The third-order valence-electron chi connectivity index (χ3n) is 3.02. The first kappa shape index (κ1) is 14.4. The van der Waals surface area contributed by atoms with Crippen LogP contribution in [0.15, 0.2) is 29.2 Å². The van der Waals surface area contributed by atoms with Crippen molar-refractivity contribution in [2.24, 2.45) is 5.73 Å². The number of hydrogen-bond donors (Lipinski definition) is 2. The van der Waals surface area contributed by atoms with Crippen molar-refractivity contribution in [1.82, 2.24) is 4.72 Å². The van der Waals surface area contributed by atoms with Crippen LogP contribution >= 0.6 is 0 Å². The largest absolute Gasteiger partial charge is 0.326 e. The summed E-state index contributed by atoms with van der Waals surface area (Å²) in [6.07, 6.45) is 0.322.